The second kappa shape index (κ2) is 7.81. The number of hydrogen-bond acceptors (Lipinski definition) is 4. The number of rotatable bonds is 7. The second-order valence-corrected chi connectivity index (χ2v) is 4.08. The average molecular weight is 252 g/mol. The first-order chi connectivity index (χ1) is 8.67. The van der Waals surface area contributed by atoms with E-state index in [1.807, 2.05) is 24.3 Å². The highest BCUT2D eigenvalue weighted by atomic mass is 16.5. The number of aliphatic hydroxyl groups is 1. The van der Waals surface area contributed by atoms with Crippen molar-refractivity contribution < 1.29 is 14.6 Å². The summed E-state index contributed by atoms with van der Waals surface area (Å²) in [6.07, 6.45) is 0.506. The van der Waals surface area contributed by atoms with Crippen LogP contribution in [0.3, 0.4) is 0 Å². The van der Waals surface area contributed by atoms with Crippen LogP contribution in [-0.4, -0.2) is 30.8 Å². The summed E-state index contributed by atoms with van der Waals surface area (Å²) < 4.78 is 4.87. The van der Waals surface area contributed by atoms with E-state index >= 15 is 0 Å². The molecule has 1 aromatic rings. The third-order valence-electron chi connectivity index (χ3n) is 2.64. The monoisotopic (exact) mass is 252 g/mol. The molecule has 1 aromatic carbocycles. The van der Waals surface area contributed by atoms with Gasteiger partial charge in [0.2, 0.25) is 5.91 Å². The Bertz CT molecular complexity index is 365. The summed E-state index contributed by atoms with van der Waals surface area (Å²) in [5, 5.41) is 11.7. The molecular formula is C13H20N2O3. The zero-order valence-electron chi connectivity index (χ0n) is 10.6. The molecule has 1 rings (SSSR count). The summed E-state index contributed by atoms with van der Waals surface area (Å²) >= 11 is 0. The van der Waals surface area contributed by atoms with Gasteiger partial charge >= 0.3 is 0 Å². The normalized spacial score (nSPS) is 12.2. The van der Waals surface area contributed by atoms with Gasteiger partial charge in [0.25, 0.3) is 0 Å². The minimum Gasteiger partial charge on any atom is -0.392 e. The Morgan fingerprint density at radius 2 is 2.00 bits per heavy atom. The summed E-state index contributed by atoms with van der Waals surface area (Å²) in [5.74, 6) is -0.182. The third kappa shape index (κ3) is 4.83. The number of benzene rings is 1. The zero-order chi connectivity index (χ0) is 13.4. The Balaban J connectivity index is 2.37. The topological polar surface area (TPSA) is 84.6 Å². The van der Waals surface area contributed by atoms with Crippen LogP contribution in [0.1, 0.15) is 17.5 Å². The number of aliphatic hydroxyl groups excluding tert-OH is 1. The standard InChI is InChI=1S/C13H20N2O3/c1-18-7-6-12(14)13(17)15-8-10-2-4-11(9-16)5-3-10/h2-5,12,16H,6-9,14H2,1H3,(H,15,17). The maximum Gasteiger partial charge on any atom is 0.237 e. The van der Waals surface area contributed by atoms with Gasteiger partial charge in [-0.1, -0.05) is 24.3 Å². The van der Waals surface area contributed by atoms with Crippen molar-refractivity contribution in [2.24, 2.45) is 5.73 Å². The van der Waals surface area contributed by atoms with E-state index in [0.717, 1.165) is 11.1 Å². The van der Waals surface area contributed by atoms with Gasteiger partial charge in [-0.05, 0) is 17.5 Å². The molecule has 5 heteroatoms. The molecule has 0 saturated heterocycles. The SMILES string of the molecule is COCCC(N)C(=O)NCc1ccc(CO)cc1. The Labute approximate surface area is 107 Å². The molecule has 1 amide bonds. The van der Waals surface area contributed by atoms with E-state index in [4.69, 9.17) is 15.6 Å². The van der Waals surface area contributed by atoms with Crippen molar-refractivity contribution in [3.05, 3.63) is 35.4 Å². The summed E-state index contributed by atoms with van der Waals surface area (Å²) in [7, 11) is 1.58. The highest BCUT2D eigenvalue weighted by Gasteiger charge is 2.12. The van der Waals surface area contributed by atoms with Crippen molar-refractivity contribution in [3.63, 3.8) is 0 Å². The molecular weight excluding hydrogens is 232 g/mol. The highest BCUT2D eigenvalue weighted by molar-refractivity contribution is 5.81. The molecule has 0 spiro atoms. The van der Waals surface area contributed by atoms with Gasteiger partial charge in [-0.3, -0.25) is 4.79 Å². The molecule has 18 heavy (non-hydrogen) atoms. The fraction of sp³-hybridized carbons (Fsp3) is 0.462. The lowest BCUT2D eigenvalue weighted by molar-refractivity contribution is -0.122. The molecule has 0 saturated carbocycles. The molecule has 0 aliphatic heterocycles. The van der Waals surface area contributed by atoms with Crippen LogP contribution >= 0.6 is 0 Å². The van der Waals surface area contributed by atoms with Crippen LogP contribution in [0.4, 0.5) is 0 Å². The van der Waals surface area contributed by atoms with Gasteiger partial charge in [-0.2, -0.15) is 0 Å². The molecule has 0 aromatic heterocycles. The summed E-state index contributed by atoms with van der Waals surface area (Å²) in [6, 6.07) is 6.85. The molecule has 0 bridgehead atoms. The number of nitrogens with two attached hydrogens (primary N) is 1. The van der Waals surface area contributed by atoms with E-state index in [-0.39, 0.29) is 12.5 Å². The Morgan fingerprint density at radius 3 is 2.56 bits per heavy atom. The molecule has 1 unspecified atom stereocenters. The minimum absolute atomic E-state index is 0.0224. The average Bonchev–Trinajstić information content (AvgIpc) is 2.42. The van der Waals surface area contributed by atoms with Crippen LogP contribution in [0.15, 0.2) is 24.3 Å². The van der Waals surface area contributed by atoms with Crippen molar-refractivity contribution in [3.8, 4) is 0 Å². The number of amides is 1. The molecule has 0 aliphatic carbocycles. The Morgan fingerprint density at radius 1 is 1.39 bits per heavy atom. The van der Waals surface area contributed by atoms with E-state index in [1.165, 1.54) is 0 Å². The fourth-order valence-electron chi connectivity index (χ4n) is 1.46. The van der Waals surface area contributed by atoms with Crippen LogP contribution in [0, 0.1) is 0 Å². The van der Waals surface area contributed by atoms with Crippen molar-refractivity contribution >= 4 is 5.91 Å². The first kappa shape index (κ1) is 14.6. The van der Waals surface area contributed by atoms with E-state index < -0.39 is 6.04 Å². The molecule has 0 radical (unpaired) electrons. The summed E-state index contributed by atoms with van der Waals surface area (Å²) in [5.41, 5.74) is 7.51. The van der Waals surface area contributed by atoms with Crippen molar-refractivity contribution in [2.45, 2.75) is 25.6 Å². The smallest absolute Gasteiger partial charge is 0.237 e. The maximum absolute atomic E-state index is 11.6. The first-order valence-corrected chi connectivity index (χ1v) is 5.88. The molecule has 1 atom stereocenters. The van der Waals surface area contributed by atoms with E-state index in [9.17, 15) is 4.79 Å². The van der Waals surface area contributed by atoms with Gasteiger partial charge in [0, 0.05) is 20.3 Å². The van der Waals surface area contributed by atoms with Gasteiger partial charge in [-0.25, -0.2) is 0 Å². The third-order valence-corrected chi connectivity index (χ3v) is 2.64. The predicted molar refractivity (Wildman–Crippen MR) is 68.7 cm³/mol. The maximum atomic E-state index is 11.6. The molecule has 0 fully saturated rings. The number of nitrogens with one attached hydrogen (secondary N) is 1. The van der Waals surface area contributed by atoms with Crippen LogP contribution in [0.5, 0.6) is 0 Å². The summed E-state index contributed by atoms with van der Waals surface area (Å²) in [6.45, 7) is 0.930. The molecule has 0 heterocycles. The predicted octanol–water partition coefficient (Wildman–Crippen LogP) is 0.159. The van der Waals surface area contributed by atoms with Gasteiger partial charge in [0.05, 0.1) is 12.6 Å². The Hall–Kier alpha value is -1.43. The van der Waals surface area contributed by atoms with Crippen molar-refractivity contribution in [2.75, 3.05) is 13.7 Å². The van der Waals surface area contributed by atoms with E-state index in [0.29, 0.717) is 19.6 Å². The number of hydrogen-bond donors (Lipinski definition) is 3. The van der Waals surface area contributed by atoms with Crippen molar-refractivity contribution in [1.82, 2.24) is 5.32 Å². The minimum atomic E-state index is -0.540. The first-order valence-electron chi connectivity index (χ1n) is 5.88. The van der Waals surface area contributed by atoms with Crippen molar-refractivity contribution in [1.29, 1.82) is 0 Å². The molecule has 4 N–H and O–H groups in total. The largest absolute Gasteiger partial charge is 0.392 e. The fourth-order valence-corrected chi connectivity index (χ4v) is 1.46. The van der Waals surface area contributed by atoms with Crippen LogP contribution in [-0.2, 0) is 22.7 Å². The lowest BCUT2D eigenvalue weighted by Crippen LogP contribution is -2.40. The number of ether oxygens (including phenoxy) is 1. The van der Waals surface area contributed by atoms with Gasteiger partial charge < -0.3 is 20.9 Å². The Kier molecular flexibility index (Phi) is 6.35. The second-order valence-electron chi connectivity index (χ2n) is 4.08. The quantitative estimate of drug-likeness (QED) is 0.645. The lowest BCUT2D eigenvalue weighted by Gasteiger charge is -2.11. The van der Waals surface area contributed by atoms with Crippen LogP contribution < -0.4 is 11.1 Å². The van der Waals surface area contributed by atoms with Gasteiger partial charge in [0.1, 0.15) is 0 Å². The number of carbonyl (C=O) groups excluding carboxylic acids is 1. The highest BCUT2D eigenvalue weighted by Crippen LogP contribution is 2.04. The van der Waals surface area contributed by atoms with Crippen LogP contribution in [0.2, 0.25) is 0 Å². The molecule has 5 nitrogen and oxygen atoms in total. The van der Waals surface area contributed by atoms with Crippen LogP contribution in [0.25, 0.3) is 0 Å². The zero-order valence-corrected chi connectivity index (χ0v) is 10.6. The van der Waals surface area contributed by atoms with E-state index in [1.54, 1.807) is 7.11 Å². The number of carbonyl (C=O) groups is 1. The lowest BCUT2D eigenvalue weighted by atomic mass is 10.1. The summed E-state index contributed by atoms with van der Waals surface area (Å²) in [4.78, 5) is 11.6. The van der Waals surface area contributed by atoms with Gasteiger partial charge in [0.15, 0.2) is 0 Å². The van der Waals surface area contributed by atoms with Gasteiger partial charge in [-0.15, -0.1) is 0 Å². The molecule has 0 aliphatic rings. The molecule has 100 valence electrons. The number of methoxy groups -OCH3 is 1. The van der Waals surface area contributed by atoms with E-state index in [2.05, 4.69) is 5.32 Å².